The first-order valence-electron chi connectivity index (χ1n) is 6.71. The van der Waals surface area contributed by atoms with Gasteiger partial charge in [0.15, 0.2) is 0 Å². The second kappa shape index (κ2) is 5.54. The van der Waals surface area contributed by atoms with Crippen LogP contribution in [-0.2, 0) is 4.74 Å². The zero-order valence-corrected chi connectivity index (χ0v) is 11.7. The number of hydrogen-bond acceptors (Lipinski definition) is 6. The first kappa shape index (κ1) is 13.0. The minimum atomic E-state index is 0.0806. The molecule has 7 heteroatoms. The van der Waals surface area contributed by atoms with Crippen molar-refractivity contribution in [3.8, 4) is 0 Å². The molecule has 1 aliphatic heterocycles. The molecule has 7 nitrogen and oxygen atoms in total. The van der Waals surface area contributed by atoms with Gasteiger partial charge in [-0.15, -0.1) is 0 Å². The Morgan fingerprint density at radius 3 is 3.10 bits per heavy atom. The Morgan fingerprint density at radius 1 is 1.45 bits per heavy atom. The Balaban J connectivity index is 1.70. The Labute approximate surface area is 117 Å². The molecule has 0 amide bonds. The molecule has 0 aliphatic carbocycles. The number of nitrogens with zero attached hydrogens (tertiary/aromatic N) is 5. The molecule has 0 bridgehead atoms. The highest BCUT2D eigenvalue weighted by atomic mass is 16.5. The monoisotopic (exact) mass is 274 g/mol. The summed E-state index contributed by atoms with van der Waals surface area (Å²) in [7, 11) is 1.98. The molecule has 0 aromatic carbocycles. The summed E-state index contributed by atoms with van der Waals surface area (Å²) in [5.41, 5.74) is 0.959. The minimum absolute atomic E-state index is 0.0806. The second-order valence-corrected chi connectivity index (χ2v) is 5.05. The smallest absolute Gasteiger partial charge is 0.225 e. The fourth-order valence-electron chi connectivity index (χ4n) is 2.51. The van der Waals surface area contributed by atoms with Gasteiger partial charge in [0.2, 0.25) is 5.95 Å². The number of aromatic nitrogens is 5. The fraction of sp³-hybridized carbons (Fsp3) is 0.538. The van der Waals surface area contributed by atoms with Crippen molar-refractivity contribution in [3.05, 3.63) is 30.1 Å². The summed E-state index contributed by atoms with van der Waals surface area (Å²) < 4.78 is 5.83. The van der Waals surface area contributed by atoms with Crippen LogP contribution < -0.4 is 4.90 Å². The molecule has 3 heterocycles. The molecule has 0 unspecified atom stereocenters. The third-order valence-electron chi connectivity index (χ3n) is 3.57. The summed E-state index contributed by atoms with van der Waals surface area (Å²) in [6, 6.07) is 1.89. The van der Waals surface area contributed by atoms with Crippen LogP contribution in [0.25, 0.3) is 0 Å². The lowest BCUT2D eigenvalue weighted by atomic mass is 10.0. The Morgan fingerprint density at radius 2 is 2.35 bits per heavy atom. The molecular formula is C13H18N6O. The van der Waals surface area contributed by atoms with Crippen LogP contribution in [0.15, 0.2) is 18.6 Å². The van der Waals surface area contributed by atoms with E-state index in [0.29, 0.717) is 0 Å². The van der Waals surface area contributed by atoms with Crippen molar-refractivity contribution in [2.24, 2.45) is 0 Å². The Hall–Kier alpha value is -2.02. The number of ether oxygens (including phenoxy) is 1. The van der Waals surface area contributed by atoms with Gasteiger partial charge in [-0.1, -0.05) is 0 Å². The van der Waals surface area contributed by atoms with Gasteiger partial charge in [0.1, 0.15) is 12.2 Å². The first-order chi connectivity index (χ1) is 9.74. The standard InChI is InChI=1S/C13H18N6O/c1-9-3-5-14-13(17-9)19(2)7-11-10(4-6-20-11)12-15-8-16-18-12/h3,5,8,10-11H,4,6-7H2,1-2H3,(H,15,16,18)/t10-,11-/m1/s1. The van der Waals surface area contributed by atoms with Gasteiger partial charge >= 0.3 is 0 Å². The predicted molar refractivity (Wildman–Crippen MR) is 73.5 cm³/mol. The van der Waals surface area contributed by atoms with Crippen LogP contribution in [0.1, 0.15) is 23.9 Å². The third kappa shape index (κ3) is 2.62. The topological polar surface area (TPSA) is 79.8 Å². The van der Waals surface area contributed by atoms with Gasteiger partial charge in [-0.25, -0.2) is 15.0 Å². The molecule has 20 heavy (non-hydrogen) atoms. The van der Waals surface area contributed by atoms with Crippen LogP contribution in [0.2, 0.25) is 0 Å². The molecule has 1 fully saturated rings. The minimum Gasteiger partial charge on any atom is -0.376 e. The largest absolute Gasteiger partial charge is 0.376 e. The molecular weight excluding hydrogens is 256 g/mol. The zero-order valence-electron chi connectivity index (χ0n) is 11.7. The molecule has 3 rings (SSSR count). The van der Waals surface area contributed by atoms with E-state index < -0.39 is 0 Å². The number of rotatable bonds is 4. The highest BCUT2D eigenvalue weighted by Gasteiger charge is 2.32. The second-order valence-electron chi connectivity index (χ2n) is 5.05. The van der Waals surface area contributed by atoms with Crippen molar-refractivity contribution in [1.82, 2.24) is 25.1 Å². The maximum atomic E-state index is 5.83. The summed E-state index contributed by atoms with van der Waals surface area (Å²) >= 11 is 0. The van der Waals surface area contributed by atoms with Gasteiger partial charge < -0.3 is 9.64 Å². The summed E-state index contributed by atoms with van der Waals surface area (Å²) in [5, 5.41) is 6.86. The lowest BCUT2D eigenvalue weighted by Gasteiger charge is -2.23. The molecule has 106 valence electrons. The van der Waals surface area contributed by atoms with Crippen molar-refractivity contribution in [2.75, 3.05) is 25.1 Å². The van der Waals surface area contributed by atoms with Crippen LogP contribution in [-0.4, -0.2) is 51.5 Å². The van der Waals surface area contributed by atoms with E-state index in [1.165, 1.54) is 6.33 Å². The third-order valence-corrected chi connectivity index (χ3v) is 3.57. The quantitative estimate of drug-likeness (QED) is 0.892. The van der Waals surface area contributed by atoms with E-state index in [1.807, 2.05) is 24.9 Å². The van der Waals surface area contributed by atoms with Crippen LogP contribution in [0.4, 0.5) is 5.95 Å². The fourth-order valence-corrected chi connectivity index (χ4v) is 2.51. The van der Waals surface area contributed by atoms with E-state index in [9.17, 15) is 0 Å². The molecule has 1 aliphatic rings. The SMILES string of the molecule is Cc1ccnc(N(C)C[C@H]2OCC[C@H]2c2ncn[nH]2)n1. The van der Waals surface area contributed by atoms with Gasteiger partial charge in [-0.2, -0.15) is 5.10 Å². The van der Waals surface area contributed by atoms with Crippen LogP contribution >= 0.6 is 0 Å². The maximum absolute atomic E-state index is 5.83. The first-order valence-corrected chi connectivity index (χ1v) is 6.71. The van der Waals surface area contributed by atoms with Crippen LogP contribution in [0.5, 0.6) is 0 Å². The number of H-pyrrole nitrogens is 1. The average molecular weight is 274 g/mol. The number of nitrogens with one attached hydrogen (secondary N) is 1. The Bertz CT molecular complexity index is 558. The number of likely N-dealkylation sites (N-methyl/N-ethyl adjacent to an activating group) is 1. The maximum Gasteiger partial charge on any atom is 0.225 e. The number of hydrogen-bond donors (Lipinski definition) is 1. The molecule has 0 radical (unpaired) electrons. The predicted octanol–water partition coefficient (Wildman–Crippen LogP) is 0.912. The van der Waals surface area contributed by atoms with E-state index in [-0.39, 0.29) is 12.0 Å². The van der Waals surface area contributed by atoms with Gasteiger partial charge in [-0.05, 0) is 19.4 Å². The highest BCUT2D eigenvalue weighted by Crippen LogP contribution is 2.29. The number of aromatic amines is 1. The van der Waals surface area contributed by atoms with Gasteiger partial charge in [0.05, 0.1) is 6.10 Å². The van der Waals surface area contributed by atoms with Gasteiger partial charge in [-0.3, -0.25) is 5.10 Å². The van der Waals surface area contributed by atoms with E-state index in [4.69, 9.17) is 4.74 Å². The van der Waals surface area contributed by atoms with Crippen molar-refractivity contribution in [2.45, 2.75) is 25.4 Å². The summed E-state index contributed by atoms with van der Waals surface area (Å²) in [5.74, 6) is 1.87. The molecule has 2 aromatic heterocycles. The Kier molecular flexibility index (Phi) is 3.60. The van der Waals surface area contributed by atoms with Crippen molar-refractivity contribution >= 4 is 5.95 Å². The summed E-state index contributed by atoms with van der Waals surface area (Å²) in [4.78, 5) is 15.0. The van der Waals surface area contributed by atoms with Gasteiger partial charge in [0.25, 0.3) is 0 Å². The molecule has 2 aromatic rings. The lowest BCUT2D eigenvalue weighted by Crippen LogP contribution is -2.33. The van der Waals surface area contributed by atoms with E-state index in [0.717, 1.165) is 37.0 Å². The summed E-state index contributed by atoms with van der Waals surface area (Å²) in [6.45, 7) is 3.44. The molecule has 1 N–H and O–H groups in total. The average Bonchev–Trinajstić information content (AvgIpc) is 3.08. The lowest BCUT2D eigenvalue weighted by molar-refractivity contribution is 0.108. The molecule has 0 spiro atoms. The van der Waals surface area contributed by atoms with Gasteiger partial charge in [0, 0.05) is 38.0 Å². The van der Waals surface area contributed by atoms with E-state index in [1.54, 1.807) is 6.20 Å². The molecule has 1 saturated heterocycles. The van der Waals surface area contributed by atoms with E-state index in [2.05, 4.69) is 25.1 Å². The number of anilines is 1. The normalized spacial score (nSPS) is 22.1. The summed E-state index contributed by atoms with van der Waals surface area (Å²) in [6.07, 6.45) is 4.36. The van der Waals surface area contributed by atoms with E-state index >= 15 is 0 Å². The molecule has 0 saturated carbocycles. The van der Waals surface area contributed by atoms with Crippen molar-refractivity contribution in [3.63, 3.8) is 0 Å². The zero-order chi connectivity index (χ0) is 13.9. The molecule has 2 atom stereocenters. The van der Waals surface area contributed by atoms with Crippen LogP contribution in [0.3, 0.4) is 0 Å². The van der Waals surface area contributed by atoms with Crippen molar-refractivity contribution in [1.29, 1.82) is 0 Å². The van der Waals surface area contributed by atoms with Crippen LogP contribution in [0, 0.1) is 6.92 Å². The number of aryl methyl sites for hydroxylation is 1. The highest BCUT2D eigenvalue weighted by molar-refractivity contribution is 5.29. The van der Waals surface area contributed by atoms with Crippen molar-refractivity contribution < 1.29 is 4.74 Å².